The number of piperidine rings is 1. The largest absolute Gasteiger partial charge is 0.506 e. The van der Waals surface area contributed by atoms with Crippen molar-refractivity contribution in [1.29, 1.82) is 0 Å². The van der Waals surface area contributed by atoms with Crippen LogP contribution >= 0.6 is 0 Å². The Hall–Kier alpha value is -2.40. The molecule has 4 nitrogen and oxygen atoms in total. The molecule has 0 spiro atoms. The molecule has 0 saturated carbocycles. The second kappa shape index (κ2) is 13.8. The van der Waals surface area contributed by atoms with Gasteiger partial charge in [-0.3, -0.25) is 0 Å². The zero-order valence-corrected chi connectivity index (χ0v) is 16.2. The molecule has 1 fully saturated rings. The summed E-state index contributed by atoms with van der Waals surface area (Å²) in [6, 6.07) is 14.0. The van der Waals surface area contributed by atoms with Crippen molar-refractivity contribution in [2.24, 2.45) is 0 Å². The van der Waals surface area contributed by atoms with Gasteiger partial charge in [0.2, 0.25) is 0 Å². The van der Waals surface area contributed by atoms with Gasteiger partial charge in [-0.15, -0.1) is 0 Å². The molecular weight excluding hydrogens is 343 g/mol. The second-order valence-electron chi connectivity index (χ2n) is 6.40. The SMILES string of the molecule is C=O.CNc1ccccc1O.Fc1ccc(CCCN2CCCCC2)cc1. The van der Waals surface area contributed by atoms with Crippen molar-refractivity contribution in [3.8, 4) is 5.75 Å². The normalized spacial score (nSPS) is 13.6. The fourth-order valence-electron chi connectivity index (χ4n) is 3.03. The van der Waals surface area contributed by atoms with Gasteiger partial charge < -0.3 is 20.1 Å². The molecule has 5 heteroatoms. The molecule has 2 aromatic rings. The predicted molar refractivity (Wildman–Crippen MR) is 110 cm³/mol. The number of carbonyl (C=O) groups is 1. The molecule has 0 radical (unpaired) electrons. The van der Waals surface area contributed by atoms with E-state index in [4.69, 9.17) is 9.90 Å². The van der Waals surface area contributed by atoms with Crippen LogP contribution < -0.4 is 5.32 Å². The number of para-hydroxylation sites is 2. The first-order valence-corrected chi connectivity index (χ1v) is 9.40. The first-order chi connectivity index (χ1) is 13.2. The molecule has 0 bridgehead atoms. The maximum absolute atomic E-state index is 12.7. The predicted octanol–water partition coefficient (Wildman–Crippen LogP) is 4.49. The van der Waals surface area contributed by atoms with Crippen molar-refractivity contribution < 1.29 is 14.3 Å². The fourth-order valence-corrected chi connectivity index (χ4v) is 3.03. The molecule has 3 rings (SSSR count). The summed E-state index contributed by atoms with van der Waals surface area (Å²) in [5, 5.41) is 11.9. The first-order valence-electron chi connectivity index (χ1n) is 9.40. The number of rotatable bonds is 5. The molecule has 1 saturated heterocycles. The standard InChI is InChI=1S/C14H20FN.C7H9NO.CH2O/c15-14-8-6-13(7-9-14)5-4-12-16-10-2-1-3-11-16;1-8-6-4-2-3-5-7(6)9;1-2/h6-9H,1-5,10-12H2;2-5,8-9H,1H3;1H2. The van der Waals surface area contributed by atoms with Gasteiger partial charge in [-0.05, 0) is 75.1 Å². The van der Waals surface area contributed by atoms with Crippen molar-refractivity contribution in [3.05, 3.63) is 59.9 Å². The Morgan fingerprint density at radius 1 is 1.04 bits per heavy atom. The first kappa shape index (κ1) is 22.6. The number of nitrogens with zero attached hydrogens (tertiary/aromatic N) is 1. The molecule has 0 atom stereocenters. The Labute approximate surface area is 162 Å². The number of hydrogen-bond acceptors (Lipinski definition) is 4. The van der Waals surface area contributed by atoms with Gasteiger partial charge in [0.05, 0.1) is 5.69 Å². The van der Waals surface area contributed by atoms with Crippen LogP contribution in [-0.4, -0.2) is 43.5 Å². The van der Waals surface area contributed by atoms with E-state index in [0.717, 1.165) is 12.1 Å². The lowest BCUT2D eigenvalue weighted by molar-refractivity contribution is -0.0979. The number of aromatic hydroxyl groups is 1. The van der Waals surface area contributed by atoms with E-state index < -0.39 is 0 Å². The summed E-state index contributed by atoms with van der Waals surface area (Å²) in [7, 11) is 1.77. The van der Waals surface area contributed by atoms with E-state index in [1.165, 1.54) is 50.9 Å². The van der Waals surface area contributed by atoms with Gasteiger partial charge in [0.25, 0.3) is 0 Å². The van der Waals surface area contributed by atoms with E-state index in [0.29, 0.717) is 5.75 Å². The summed E-state index contributed by atoms with van der Waals surface area (Å²) in [6.07, 6.45) is 6.37. The Morgan fingerprint density at radius 2 is 1.67 bits per heavy atom. The maximum Gasteiger partial charge on any atom is 0.138 e. The monoisotopic (exact) mass is 374 g/mol. The smallest absolute Gasteiger partial charge is 0.138 e. The molecule has 0 aromatic heterocycles. The van der Waals surface area contributed by atoms with Crippen LogP contribution in [0.15, 0.2) is 48.5 Å². The van der Waals surface area contributed by atoms with Gasteiger partial charge in [0, 0.05) is 7.05 Å². The third-order valence-corrected chi connectivity index (χ3v) is 4.48. The van der Waals surface area contributed by atoms with Crippen molar-refractivity contribution in [2.45, 2.75) is 32.1 Å². The van der Waals surface area contributed by atoms with Crippen molar-refractivity contribution in [1.82, 2.24) is 4.90 Å². The Balaban J connectivity index is 0.000000282. The van der Waals surface area contributed by atoms with Crippen LogP contribution in [0.5, 0.6) is 5.75 Å². The van der Waals surface area contributed by atoms with Gasteiger partial charge >= 0.3 is 0 Å². The lowest BCUT2D eigenvalue weighted by Crippen LogP contribution is -2.30. The molecule has 0 unspecified atom stereocenters. The van der Waals surface area contributed by atoms with Crippen LogP contribution in [0.4, 0.5) is 10.1 Å². The minimum atomic E-state index is -0.139. The van der Waals surface area contributed by atoms with E-state index in [2.05, 4.69) is 10.2 Å². The number of nitrogens with one attached hydrogen (secondary N) is 1. The van der Waals surface area contributed by atoms with Crippen molar-refractivity contribution >= 4 is 12.5 Å². The highest BCUT2D eigenvalue weighted by Gasteiger charge is 2.08. The van der Waals surface area contributed by atoms with Crippen LogP contribution in [0.1, 0.15) is 31.2 Å². The third kappa shape index (κ3) is 9.20. The molecule has 148 valence electrons. The van der Waals surface area contributed by atoms with Crippen LogP contribution in [-0.2, 0) is 11.2 Å². The van der Waals surface area contributed by atoms with Crippen LogP contribution in [0, 0.1) is 5.82 Å². The quantitative estimate of drug-likeness (QED) is 0.757. The highest BCUT2D eigenvalue weighted by Crippen LogP contribution is 2.19. The maximum atomic E-state index is 12.7. The van der Waals surface area contributed by atoms with E-state index >= 15 is 0 Å². The van der Waals surface area contributed by atoms with Gasteiger partial charge in [0.1, 0.15) is 18.4 Å². The number of hydrogen-bond donors (Lipinski definition) is 2. The molecular formula is C22H31FN2O2. The molecule has 2 N–H and O–H groups in total. The number of carbonyl (C=O) groups excluding carboxylic acids is 1. The van der Waals surface area contributed by atoms with E-state index in [1.807, 2.05) is 31.1 Å². The zero-order chi connectivity index (χ0) is 19.9. The van der Waals surface area contributed by atoms with Crippen LogP contribution in [0.2, 0.25) is 0 Å². The van der Waals surface area contributed by atoms with Gasteiger partial charge in [0.15, 0.2) is 0 Å². The summed E-state index contributed by atoms with van der Waals surface area (Å²) in [5.74, 6) is 0.153. The Kier molecular flexibility index (Phi) is 11.5. The number of halogens is 1. The number of benzene rings is 2. The number of likely N-dealkylation sites (tertiary alicyclic amines) is 1. The van der Waals surface area contributed by atoms with E-state index in [1.54, 1.807) is 31.3 Å². The molecule has 1 aliphatic rings. The summed E-state index contributed by atoms with van der Waals surface area (Å²) >= 11 is 0. The van der Waals surface area contributed by atoms with Gasteiger partial charge in [-0.1, -0.05) is 30.7 Å². The number of phenols is 1. The lowest BCUT2D eigenvalue weighted by Gasteiger charge is -2.26. The fraction of sp³-hybridized carbons (Fsp3) is 0.409. The number of anilines is 1. The Bertz CT molecular complexity index is 628. The average molecular weight is 375 g/mol. The van der Waals surface area contributed by atoms with Crippen molar-refractivity contribution in [3.63, 3.8) is 0 Å². The minimum absolute atomic E-state index is 0.139. The second-order valence-corrected chi connectivity index (χ2v) is 6.40. The zero-order valence-electron chi connectivity index (χ0n) is 16.2. The van der Waals surface area contributed by atoms with Gasteiger partial charge in [-0.25, -0.2) is 4.39 Å². The summed E-state index contributed by atoms with van der Waals surface area (Å²) < 4.78 is 12.7. The van der Waals surface area contributed by atoms with Gasteiger partial charge in [-0.2, -0.15) is 0 Å². The van der Waals surface area contributed by atoms with Crippen LogP contribution in [0.25, 0.3) is 0 Å². The minimum Gasteiger partial charge on any atom is -0.506 e. The number of aryl methyl sites for hydroxylation is 1. The highest BCUT2D eigenvalue weighted by molar-refractivity contribution is 5.54. The molecule has 27 heavy (non-hydrogen) atoms. The molecule has 0 amide bonds. The summed E-state index contributed by atoms with van der Waals surface area (Å²) in [6.45, 7) is 5.73. The lowest BCUT2D eigenvalue weighted by atomic mass is 10.1. The molecule has 0 aliphatic carbocycles. The summed E-state index contributed by atoms with van der Waals surface area (Å²) in [5.41, 5.74) is 2.01. The highest BCUT2D eigenvalue weighted by atomic mass is 19.1. The molecule has 2 aromatic carbocycles. The van der Waals surface area contributed by atoms with E-state index in [-0.39, 0.29) is 5.82 Å². The average Bonchev–Trinajstić information content (AvgIpc) is 2.73. The molecule has 1 heterocycles. The summed E-state index contributed by atoms with van der Waals surface area (Å²) in [4.78, 5) is 10.5. The third-order valence-electron chi connectivity index (χ3n) is 4.48. The van der Waals surface area contributed by atoms with Crippen LogP contribution in [0.3, 0.4) is 0 Å². The van der Waals surface area contributed by atoms with Crippen molar-refractivity contribution in [2.75, 3.05) is 32.0 Å². The Morgan fingerprint density at radius 3 is 2.22 bits per heavy atom. The topological polar surface area (TPSA) is 52.6 Å². The number of phenolic OH excluding ortho intramolecular Hbond substituents is 1. The molecule has 1 aliphatic heterocycles. The van der Waals surface area contributed by atoms with E-state index in [9.17, 15) is 4.39 Å².